The molecule has 2 aromatic rings. The molecule has 0 aliphatic carbocycles. The third-order valence-electron chi connectivity index (χ3n) is 3.42. The Balaban J connectivity index is 2.33. The van der Waals surface area contributed by atoms with Crippen LogP contribution in [0.15, 0.2) is 36.7 Å². The summed E-state index contributed by atoms with van der Waals surface area (Å²) in [5.41, 5.74) is 2.77. The van der Waals surface area contributed by atoms with Crippen molar-refractivity contribution in [2.24, 2.45) is 0 Å². The molecule has 1 heterocycles. The van der Waals surface area contributed by atoms with E-state index in [2.05, 4.69) is 9.71 Å². The smallest absolute Gasteiger partial charge is 0.211 e. The van der Waals surface area contributed by atoms with Crippen LogP contribution in [0, 0.1) is 11.3 Å². The average molecular weight is 350 g/mol. The highest BCUT2D eigenvalue weighted by molar-refractivity contribution is 7.89. The number of pyridine rings is 1. The van der Waals surface area contributed by atoms with Gasteiger partial charge in [0.25, 0.3) is 0 Å². The fourth-order valence-electron chi connectivity index (χ4n) is 2.06. The highest BCUT2D eigenvalue weighted by atomic mass is 35.5. The molecule has 0 fully saturated rings. The number of benzene rings is 1. The maximum absolute atomic E-state index is 11.7. The second-order valence-corrected chi connectivity index (χ2v) is 7.51. The zero-order valence-corrected chi connectivity index (χ0v) is 14.3. The van der Waals surface area contributed by atoms with Gasteiger partial charge >= 0.3 is 0 Å². The molecule has 2 rings (SSSR count). The van der Waals surface area contributed by atoms with Crippen LogP contribution in [0.25, 0.3) is 11.1 Å². The van der Waals surface area contributed by atoms with E-state index in [0.717, 1.165) is 16.7 Å². The number of hydrogen-bond donors (Lipinski definition) is 1. The average Bonchev–Trinajstić information content (AvgIpc) is 2.54. The summed E-state index contributed by atoms with van der Waals surface area (Å²) in [4.78, 5) is 4.17. The molecule has 0 saturated carbocycles. The lowest BCUT2D eigenvalue weighted by Crippen LogP contribution is -2.28. The van der Waals surface area contributed by atoms with Gasteiger partial charge in [0.1, 0.15) is 6.07 Å². The number of nitrogens with one attached hydrogen (secondary N) is 1. The summed E-state index contributed by atoms with van der Waals surface area (Å²) >= 11 is 6.05. The van der Waals surface area contributed by atoms with Crippen LogP contribution in [0.4, 0.5) is 0 Å². The highest BCUT2D eigenvalue weighted by Crippen LogP contribution is 2.26. The number of nitriles is 1. The van der Waals surface area contributed by atoms with Crippen molar-refractivity contribution in [1.82, 2.24) is 9.71 Å². The van der Waals surface area contributed by atoms with Crippen molar-refractivity contribution in [3.05, 3.63) is 52.8 Å². The van der Waals surface area contributed by atoms with Crippen LogP contribution >= 0.6 is 11.6 Å². The molecule has 1 atom stereocenters. The number of aromatic nitrogens is 1. The summed E-state index contributed by atoms with van der Waals surface area (Å²) in [7, 11) is -3.30. The summed E-state index contributed by atoms with van der Waals surface area (Å²) in [5, 5.41) is 9.29. The predicted molar refractivity (Wildman–Crippen MR) is 90.4 cm³/mol. The maximum Gasteiger partial charge on any atom is 0.211 e. The highest BCUT2D eigenvalue weighted by Gasteiger charge is 2.14. The maximum atomic E-state index is 11.7. The molecule has 1 aromatic heterocycles. The van der Waals surface area contributed by atoms with E-state index >= 15 is 0 Å². The minimum absolute atomic E-state index is 0.0235. The van der Waals surface area contributed by atoms with Crippen molar-refractivity contribution < 1.29 is 8.42 Å². The van der Waals surface area contributed by atoms with Gasteiger partial charge in [0.15, 0.2) is 0 Å². The van der Waals surface area contributed by atoms with E-state index in [0.29, 0.717) is 10.6 Å². The molecule has 0 aliphatic rings. The van der Waals surface area contributed by atoms with Crippen LogP contribution in [0.5, 0.6) is 0 Å². The van der Waals surface area contributed by atoms with Crippen LogP contribution in [0.1, 0.15) is 31.0 Å². The first kappa shape index (κ1) is 17.4. The zero-order chi connectivity index (χ0) is 17.0. The predicted octanol–water partition coefficient (Wildman–Crippen LogP) is 3.27. The molecule has 1 unspecified atom stereocenters. The Hall–Kier alpha value is -1.94. The van der Waals surface area contributed by atoms with Crippen molar-refractivity contribution in [2.45, 2.75) is 19.9 Å². The molecule has 5 nitrogen and oxygen atoms in total. The number of nitrogens with zero attached hydrogens (tertiary/aromatic N) is 2. The van der Waals surface area contributed by atoms with Gasteiger partial charge in [-0.25, -0.2) is 13.1 Å². The van der Waals surface area contributed by atoms with Gasteiger partial charge in [0, 0.05) is 24.0 Å². The van der Waals surface area contributed by atoms with Gasteiger partial charge in [-0.1, -0.05) is 17.7 Å². The zero-order valence-electron chi connectivity index (χ0n) is 12.7. The summed E-state index contributed by atoms with van der Waals surface area (Å²) in [5.74, 6) is 0.0235. The summed E-state index contributed by atoms with van der Waals surface area (Å²) < 4.78 is 25.9. The van der Waals surface area contributed by atoms with Crippen LogP contribution in [0.2, 0.25) is 5.02 Å². The van der Waals surface area contributed by atoms with Crippen LogP contribution in [-0.2, 0) is 10.0 Å². The van der Waals surface area contributed by atoms with E-state index < -0.39 is 10.0 Å². The van der Waals surface area contributed by atoms with Crippen molar-refractivity contribution in [3.8, 4) is 17.2 Å². The lowest BCUT2D eigenvalue weighted by atomic mass is 10.0. The SMILES string of the molecule is CCS(=O)(=O)NC(C)c1cncc(-c2ccc(C#N)c(Cl)c2)c1. The van der Waals surface area contributed by atoms with Crippen molar-refractivity contribution in [2.75, 3.05) is 5.75 Å². The Kier molecular flexibility index (Phi) is 5.37. The molecule has 0 radical (unpaired) electrons. The quantitative estimate of drug-likeness (QED) is 0.897. The minimum atomic E-state index is -3.30. The van der Waals surface area contributed by atoms with Gasteiger partial charge in [0.05, 0.1) is 16.3 Å². The van der Waals surface area contributed by atoms with E-state index in [1.165, 1.54) is 0 Å². The Morgan fingerprint density at radius 2 is 2.04 bits per heavy atom. The molecule has 0 amide bonds. The largest absolute Gasteiger partial charge is 0.264 e. The Morgan fingerprint density at radius 1 is 1.30 bits per heavy atom. The monoisotopic (exact) mass is 349 g/mol. The van der Waals surface area contributed by atoms with Gasteiger partial charge in [-0.15, -0.1) is 0 Å². The number of halogens is 1. The molecule has 1 N–H and O–H groups in total. The fourth-order valence-corrected chi connectivity index (χ4v) is 3.12. The second kappa shape index (κ2) is 7.09. The third-order valence-corrected chi connectivity index (χ3v) is 5.20. The summed E-state index contributed by atoms with van der Waals surface area (Å²) in [6.45, 7) is 3.35. The first-order valence-electron chi connectivity index (χ1n) is 7.01. The normalized spacial score (nSPS) is 12.6. The van der Waals surface area contributed by atoms with Gasteiger partial charge in [0.2, 0.25) is 10.0 Å². The lowest BCUT2D eigenvalue weighted by Gasteiger charge is -2.14. The number of hydrogen-bond acceptors (Lipinski definition) is 4. The molecule has 0 spiro atoms. The molecule has 0 bridgehead atoms. The van der Waals surface area contributed by atoms with E-state index in [9.17, 15) is 8.42 Å². The molecular formula is C16H16ClN3O2S. The van der Waals surface area contributed by atoms with Crippen molar-refractivity contribution >= 4 is 21.6 Å². The standard InChI is InChI=1S/C16H16ClN3O2S/c1-3-23(21,22)20-11(2)14-6-15(10-19-9-14)12-4-5-13(8-18)16(17)7-12/h4-7,9-11,20H,3H2,1-2H3. The minimum Gasteiger partial charge on any atom is -0.264 e. The first-order chi connectivity index (χ1) is 10.9. The van der Waals surface area contributed by atoms with E-state index in [1.54, 1.807) is 44.4 Å². The van der Waals surface area contributed by atoms with Crippen molar-refractivity contribution in [3.63, 3.8) is 0 Å². The number of sulfonamides is 1. The number of rotatable bonds is 5. The molecule has 0 saturated heterocycles. The third kappa shape index (κ3) is 4.29. The molecule has 7 heteroatoms. The van der Waals surface area contributed by atoms with Gasteiger partial charge in [-0.05, 0) is 43.2 Å². The van der Waals surface area contributed by atoms with Gasteiger partial charge < -0.3 is 0 Å². The van der Waals surface area contributed by atoms with Crippen molar-refractivity contribution in [1.29, 1.82) is 5.26 Å². The molecule has 1 aromatic carbocycles. The summed E-state index contributed by atoms with van der Waals surface area (Å²) in [6, 6.07) is 8.60. The van der Waals surface area contributed by atoms with Gasteiger partial charge in [-0.2, -0.15) is 5.26 Å². The van der Waals surface area contributed by atoms with E-state index in [4.69, 9.17) is 16.9 Å². The second-order valence-electron chi connectivity index (χ2n) is 5.06. The summed E-state index contributed by atoms with van der Waals surface area (Å²) in [6.07, 6.45) is 3.29. The Labute approximate surface area is 141 Å². The molecule has 120 valence electrons. The van der Waals surface area contributed by atoms with E-state index in [-0.39, 0.29) is 11.8 Å². The lowest BCUT2D eigenvalue weighted by molar-refractivity contribution is 0.568. The fraction of sp³-hybridized carbons (Fsp3) is 0.250. The Bertz CT molecular complexity index is 860. The molecule has 0 aliphatic heterocycles. The van der Waals surface area contributed by atoms with Crippen LogP contribution < -0.4 is 4.72 Å². The van der Waals surface area contributed by atoms with Gasteiger partial charge in [-0.3, -0.25) is 4.98 Å². The molecule has 23 heavy (non-hydrogen) atoms. The van der Waals surface area contributed by atoms with Crippen LogP contribution in [-0.4, -0.2) is 19.2 Å². The topological polar surface area (TPSA) is 82.8 Å². The first-order valence-corrected chi connectivity index (χ1v) is 9.04. The van der Waals surface area contributed by atoms with Crippen LogP contribution in [0.3, 0.4) is 0 Å². The Morgan fingerprint density at radius 3 is 2.65 bits per heavy atom. The van der Waals surface area contributed by atoms with E-state index in [1.807, 2.05) is 12.1 Å². The molecular weight excluding hydrogens is 334 g/mol.